The van der Waals surface area contributed by atoms with Crippen LogP contribution in [0.25, 0.3) is 0 Å². The van der Waals surface area contributed by atoms with Crippen molar-refractivity contribution in [3.63, 3.8) is 0 Å². The molecule has 1 heterocycles. The Balaban J connectivity index is 2.39. The van der Waals surface area contributed by atoms with Gasteiger partial charge in [0.15, 0.2) is 0 Å². The number of esters is 2. The highest BCUT2D eigenvalue weighted by molar-refractivity contribution is 6.06. The molecule has 12 heteroatoms. The molecule has 0 amide bonds. The summed E-state index contributed by atoms with van der Waals surface area (Å²) in [5, 5.41) is 10.1. The van der Waals surface area contributed by atoms with E-state index in [1.54, 1.807) is 30.3 Å². The second-order valence-electron chi connectivity index (χ2n) is 7.89. The Morgan fingerprint density at radius 2 is 1.68 bits per heavy atom. The summed E-state index contributed by atoms with van der Waals surface area (Å²) < 4.78 is 61.6. The average Bonchev–Trinajstić information content (AvgIpc) is 2.91. The zero-order valence-corrected chi connectivity index (χ0v) is 20.7. The van der Waals surface area contributed by atoms with Crippen molar-refractivity contribution in [2.24, 2.45) is 5.73 Å². The number of nitriles is 1. The third kappa shape index (κ3) is 5.57. The molecule has 9 nitrogen and oxygen atoms in total. The topological polar surface area (TPSA) is 124 Å². The average molecular weight is 531 g/mol. The van der Waals surface area contributed by atoms with E-state index in [2.05, 4.69) is 0 Å². The molecule has 1 aliphatic heterocycles. The zero-order chi connectivity index (χ0) is 28.0. The fourth-order valence-electron chi connectivity index (χ4n) is 3.98. The zero-order valence-electron chi connectivity index (χ0n) is 20.7. The molecule has 200 valence electrons. The first-order valence-electron chi connectivity index (χ1n) is 11.1. The second kappa shape index (κ2) is 11.7. The maximum Gasteiger partial charge on any atom is 0.416 e. The highest BCUT2D eigenvalue weighted by Gasteiger charge is 2.43. The Bertz CT molecular complexity index is 1320. The van der Waals surface area contributed by atoms with Gasteiger partial charge in [0.2, 0.25) is 0 Å². The molecule has 2 N–H and O–H groups in total. The summed E-state index contributed by atoms with van der Waals surface area (Å²) in [5.74, 6) is -3.86. The van der Waals surface area contributed by atoms with Gasteiger partial charge in [0.05, 0.1) is 55.2 Å². The number of methoxy groups -OCH3 is 3. The minimum Gasteiger partial charge on any atom is -0.491 e. The first-order chi connectivity index (χ1) is 18.1. The van der Waals surface area contributed by atoms with Crippen LogP contribution in [0.15, 0.2) is 71.2 Å². The van der Waals surface area contributed by atoms with Crippen LogP contribution in [0.4, 0.5) is 18.9 Å². The van der Waals surface area contributed by atoms with Gasteiger partial charge in [-0.1, -0.05) is 30.3 Å². The summed E-state index contributed by atoms with van der Waals surface area (Å²) in [4.78, 5) is 27.1. The SMILES string of the molecule is COCCOc1cc(N2C(N)=C(C#N)C(c3ccccc3)C(C(=O)OC)=C2C(=O)OC)cc(C(F)(F)F)c1. The number of nitrogens with two attached hydrogens (primary N) is 1. The number of hydrogen-bond donors (Lipinski definition) is 1. The molecule has 0 aliphatic carbocycles. The Labute approximate surface area is 216 Å². The van der Waals surface area contributed by atoms with E-state index >= 15 is 0 Å². The molecule has 0 radical (unpaired) electrons. The molecule has 2 aromatic carbocycles. The molecule has 0 fully saturated rings. The second-order valence-corrected chi connectivity index (χ2v) is 7.89. The number of anilines is 1. The van der Waals surface area contributed by atoms with Crippen LogP contribution in [-0.2, 0) is 30.0 Å². The Hall–Kier alpha value is -4.50. The van der Waals surface area contributed by atoms with Crippen LogP contribution in [0, 0.1) is 11.3 Å². The number of halogens is 3. The summed E-state index contributed by atoms with van der Waals surface area (Å²) in [6.45, 7) is 0.0175. The van der Waals surface area contributed by atoms with Crippen molar-refractivity contribution in [1.29, 1.82) is 5.26 Å². The van der Waals surface area contributed by atoms with Gasteiger partial charge in [0, 0.05) is 13.2 Å². The number of nitrogens with zero attached hydrogens (tertiary/aromatic N) is 2. The number of carbonyl (C=O) groups excluding carboxylic acids is 2. The van der Waals surface area contributed by atoms with Crippen LogP contribution >= 0.6 is 0 Å². The summed E-state index contributed by atoms with van der Waals surface area (Å²) in [5.41, 5.74) is 4.32. The lowest BCUT2D eigenvalue weighted by atomic mass is 9.81. The molecular formula is C26H24F3N3O6. The van der Waals surface area contributed by atoms with E-state index < -0.39 is 35.3 Å². The van der Waals surface area contributed by atoms with Gasteiger partial charge in [0.25, 0.3) is 0 Å². The van der Waals surface area contributed by atoms with Gasteiger partial charge >= 0.3 is 18.1 Å². The molecule has 0 aromatic heterocycles. The van der Waals surface area contributed by atoms with Crippen LogP contribution in [0.3, 0.4) is 0 Å². The Morgan fingerprint density at radius 1 is 1.03 bits per heavy atom. The van der Waals surface area contributed by atoms with E-state index in [1.165, 1.54) is 13.2 Å². The van der Waals surface area contributed by atoms with Gasteiger partial charge in [-0.25, -0.2) is 9.59 Å². The minimum absolute atomic E-state index is 0.0742. The van der Waals surface area contributed by atoms with Gasteiger partial charge < -0.3 is 24.7 Å². The molecule has 38 heavy (non-hydrogen) atoms. The lowest BCUT2D eigenvalue weighted by Crippen LogP contribution is -2.40. The largest absolute Gasteiger partial charge is 0.491 e. The molecule has 0 saturated heterocycles. The van der Waals surface area contributed by atoms with E-state index in [0.717, 1.165) is 25.2 Å². The van der Waals surface area contributed by atoms with E-state index in [9.17, 15) is 28.0 Å². The summed E-state index contributed by atoms with van der Waals surface area (Å²) >= 11 is 0. The predicted octanol–water partition coefficient (Wildman–Crippen LogP) is 3.63. The molecule has 0 spiro atoms. The molecule has 1 aliphatic rings. The standard InChI is InChI=1S/C26H24F3N3O6/c1-35-9-10-38-18-12-16(26(27,28)29)11-17(13-18)32-22(25(34)37-3)21(24(33)36-2)20(19(14-30)23(32)31)15-7-5-4-6-8-15/h4-8,11-13,20H,9-10,31H2,1-3H3. The maximum atomic E-state index is 13.8. The van der Waals surface area contributed by atoms with Gasteiger partial charge in [-0.2, -0.15) is 18.4 Å². The van der Waals surface area contributed by atoms with E-state index in [4.69, 9.17) is 24.7 Å². The van der Waals surface area contributed by atoms with Crippen LogP contribution < -0.4 is 15.4 Å². The van der Waals surface area contributed by atoms with Crippen molar-refractivity contribution in [3.05, 3.63) is 82.3 Å². The molecule has 2 aromatic rings. The number of benzene rings is 2. The highest BCUT2D eigenvalue weighted by Crippen LogP contribution is 2.45. The van der Waals surface area contributed by atoms with Crippen molar-refractivity contribution < 1.29 is 41.7 Å². The molecule has 0 bridgehead atoms. The lowest BCUT2D eigenvalue weighted by Gasteiger charge is -2.36. The molecule has 0 saturated carbocycles. The van der Waals surface area contributed by atoms with Gasteiger partial charge in [0.1, 0.15) is 23.9 Å². The summed E-state index contributed by atoms with van der Waals surface area (Å²) in [6.07, 6.45) is -4.81. The number of allylic oxidation sites excluding steroid dienone is 1. The number of ether oxygens (including phenoxy) is 4. The fraction of sp³-hybridized carbons (Fsp3) is 0.269. The Kier molecular flexibility index (Phi) is 8.64. The highest BCUT2D eigenvalue weighted by atomic mass is 19.4. The predicted molar refractivity (Wildman–Crippen MR) is 128 cm³/mol. The van der Waals surface area contributed by atoms with Gasteiger partial charge in [-0.3, -0.25) is 4.90 Å². The van der Waals surface area contributed by atoms with Crippen molar-refractivity contribution in [2.75, 3.05) is 39.4 Å². The lowest BCUT2D eigenvalue weighted by molar-refractivity contribution is -0.139. The normalized spacial score (nSPS) is 15.7. The molecule has 3 rings (SSSR count). The van der Waals surface area contributed by atoms with Crippen molar-refractivity contribution in [2.45, 2.75) is 12.1 Å². The van der Waals surface area contributed by atoms with E-state index in [1.807, 2.05) is 6.07 Å². The quantitative estimate of drug-likeness (QED) is 0.402. The first-order valence-corrected chi connectivity index (χ1v) is 11.1. The summed E-state index contributed by atoms with van der Waals surface area (Å²) in [6, 6.07) is 12.8. The third-order valence-electron chi connectivity index (χ3n) is 5.64. The van der Waals surface area contributed by atoms with Gasteiger partial charge in [-0.15, -0.1) is 0 Å². The third-order valence-corrected chi connectivity index (χ3v) is 5.64. The van der Waals surface area contributed by atoms with Crippen molar-refractivity contribution in [1.82, 2.24) is 0 Å². The van der Waals surface area contributed by atoms with E-state index in [-0.39, 0.29) is 41.6 Å². The smallest absolute Gasteiger partial charge is 0.416 e. The number of hydrogen-bond acceptors (Lipinski definition) is 9. The minimum atomic E-state index is -4.81. The van der Waals surface area contributed by atoms with E-state index in [0.29, 0.717) is 11.6 Å². The molecule has 1 unspecified atom stereocenters. The monoisotopic (exact) mass is 531 g/mol. The number of alkyl halides is 3. The van der Waals surface area contributed by atoms with Crippen LogP contribution in [0.2, 0.25) is 0 Å². The van der Waals surface area contributed by atoms with Crippen molar-refractivity contribution in [3.8, 4) is 11.8 Å². The molecular weight excluding hydrogens is 507 g/mol. The van der Waals surface area contributed by atoms with Crippen LogP contribution in [0.1, 0.15) is 17.0 Å². The molecule has 1 atom stereocenters. The maximum absolute atomic E-state index is 13.8. The summed E-state index contributed by atoms with van der Waals surface area (Å²) in [7, 11) is 3.50. The van der Waals surface area contributed by atoms with Crippen LogP contribution in [0.5, 0.6) is 5.75 Å². The first kappa shape index (κ1) is 28.1. The Morgan fingerprint density at radius 3 is 2.24 bits per heavy atom. The van der Waals surface area contributed by atoms with Crippen molar-refractivity contribution >= 4 is 17.6 Å². The van der Waals surface area contributed by atoms with Gasteiger partial charge in [-0.05, 0) is 17.7 Å². The fourth-order valence-corrected chi connectivity index (χ4v) is 3.98. The number of rotatable bonds is 8. The van der Waals surface area contributed by atoms with Crippen LogP contribution in [-0.4, -0.2) is 46.5 Å². The number of carbonyl (C=O) groups is 2.